The molecule has 0 spiro atoms. The fourth-order valence-electron chi connectivity index (χ4n) is 1.30. The second-order valence-electron chi connectivity index (χ2n) is 4.03. The highest BCUT2D eigenvalue weighted by Gasteiger charge is 2.09. The summed E-state index contributed by atoms with van der Waals surface area (Å²) in [6.07, 6.45) is 2.17. The average molecular weight is 252 g/mol. The van der Waals surface area contributed by atoms with Crippen LogP contribution in [0.2, 0.25) is 0 Å². The van der Waals surface area contributed by atoms with Gasteiger partial charge in [-0.15, -0.1) is 0 Å². The van der Waals surface area contributed by atoms with Crippen LogP contribution in [-0.4, -0.2) is 64.7 Å². The average Bonchev–Trinajstić information content (AvgIpc) is 2.20. The van der Waals surface area contributed by atoms with Crippen molar-refractivity contribution in [1.82, 2.24) is 4.90 Å². The number of ether oxygens (including phenoxy) is 1. The Balaban J connectivity index is 3.75. The largest absolute Gasteiger partial charge is 0.377 e. The molecule has 0 aliphatic heterocycles. The summed E-state index contributed by atoms with van der Waals surface area (Å²) in [5.41, 5.74) is 5.55. The number of nitrogens with zero attached hydrogens (tertiary/aromatic N) is 1. The summed E-state index contributed by atoms with van der Waals surface area (Å²) in [4.78, 5) is 1.99. The number of sulfone groups is 1. The Morgan fingerprint density at radius 2 is 2.00 bits per heavy atom. The molecule has 0 aliphatic rings. The third-order valence-electron chi connectivity index (χ3n) is 2.34. The summed E-state index contributed by atoms with van der Waals surface area (Å²) >= 11 is 0. The van der Waals surface area contributed by atoms with E-state index in [1.165, 1.54) is 6.26 Å². The normalized spacial score (nSPS) is 14.3. The molecule has 0 heterocycles. The van der Waals surface area contributed by atoms with Crippen LogP contribution in [0.15, 0.2) is 0 Å². The van der Waals surface area contributed by atoms with Crippen LogP contribution in [0, 0.1) is 0 Å². The summed E-state index contributed by atoms with van der Waals surface area (Å²) in [7, 11) is -0.964. The molecule has 6 heteroatoms. The Hall–Kier alpha value is -0.170. The van der Waals surface area contributed by atoms with Crippen LogP contribution in [-0.2, 0) is 14.6 Å². The predicted octanol–water partition coefficient (Wildman–Crippen LogP) is -0.283. The molecule has 16 heavy (non-hydrogen) atoms. The zero-order chi connectivity index (χ0) is 12.6. The van der Waals surface area contributed by atoms with E-state index in [0.29, 0.717) is 19.7 Å². The first-order valence-corrected chi connectivity index (χ1v) is 7.63. The summed E-state index contributed by atoms with van der Waals surface area (Å²) < 4.78 is 27.3. The fourth-order valence-corrected chi connectivity index (χ4v) is 1.95. The minimum absolute atomic E-state index is 0.0747. The van der Waals surface area contributed by atoms with Crippen LogP contribution in [0.3, 0.4) is 0 Å². The van der Waals surface area contributed by atoms with Crippen LogP contribution < -0.4 is 5.73 Å². The van der Waals surface area contributed by atoms with Crippen molar-refractivity contribution in [2.24, 2.45) is 5.73 Å². The lowest BCUT2D eigenvalue weighted by Gasteiger charge is -2.20. The first kappa shape index (κ1) is 15.8. The lowest BCUT2D eigenvalue weighted by molar-refractivity contribution is 0.0568. The summed E-state index contributed by atoms with van der Waals surface area (Å²) in [5.74, 6) is 0.200. The molecule has 2 N–H and O–H groups in total. The minimum atomic E-state index is -2.87. The van der Waals surface area contributed by atoms with Crippen molar-refractivity contribution in [3.63, 3.8) is 0 Å². The van der Waals surface area contributed by atoms with Crippen molar-refractivity contribution in [2.45, 2.75) is 19.4 Å². The van der Waals surface area contributed by atoms with Gasteiger partial charge in [0, 0.05) is 32.5 Å². The van der Waals surface area contributed by atoms with Gasteiger partial charge in [-0.05, 0) is 20.4 Å². The molecular formula is C10H24N2O3S. The van der Waals surface area contributed by atoms with E-state index in [4.69, 9.17) is 10.5 Å². The van der Waals surface area contributed by atoms with Gasteiger partial charge in [0.1, 0.15) is 9.84 Å². The van der Waals surface area contributed by atoms with E-state index in [0.717, 1.165) is 13.0 Å². The standard InChI is InChI=1S/C10H24N2O3S/c1-4-15-10(9-11)5-6-12(2)7-8-16(3,13)14/h10H,4-9,11H2,1-3H3. The van der Waals surface area contributed by atoms with Crippen molar-refractivity contribution >= 4 is 9.84 Å². The molecule has 0 rings (SSSR count). The molecule has 0 amide bonds. The zero-order valence-electron chi connectivity index (χ0n) is 10.5. The molecule has 0 saturated carbocycles. The molecule has 5 nitrogen and oxygen atoms in total. The van der Waals surface area contributed by atoms with Crippen molar-refractivity contribution in [1.29, 1.82) is 0 Å². The van der Waals surface area contributed by atoms with Gasteiger partial charge < -0.3 is 15.4 Å². The maximum Gasteiger partial charge on any atom is 0.148 e. The number of nitrogens with two attached hydrogens (primary N) is 1. The topological polar surface area (TPSA) is 72.6 Å². The molecule has 0 fully saturated rings. The van der Waals surface area contributed by atoms with E-state index in [1.807, 2.05) is 18.9 Å². The van der Waals surface area contributed by atoms with Gasteiger partial charge in [0.15, 0.2) is 0 Å². The second kappa shape index (κ2) is 8.00. The summed E-state index contributed by atoms with van der Waals surface area (Å²) in [6, 6.07) is 0. The SMILES string of the molecule is CCOC(CN)CCN(C)CCS(C)(=O)=O. The quantitative estimate of drug-likeness (QED) is 0.611. The highest BCUT2D eigenvalue weighted by molar-refractivity contribution is 7.90. The van der Waals surface area contributed by atoms with Gasteiger partial charge in [-0.25, -0.2) is 8.42 Å². The molecule has 0 aromatic heterocycles. The van der Waals surface area contributed by atoms with Gasteiger partial charge in [0.2, 0.25) is 0 Å². The molecular weight excluding hydrogens is 228 g/mol. The van der Waals surface area contributed by atoms with Crippen LogP contribution >= 0.6 is 0 Å². The van der Waals surface area contributed by atoms with E-state index < -0.39 is 9.84 Å². The van der Waals surface area contributed by atoms with Gasteiger partial charge in [-0.2, -0.15) is 0 Å². The third-order valence-corrected chi connectivity index (χ3v) is 3.27. The number of hydrogen-bond acceptors (Lipinski definition) is 5. The van der Waals surface area contributed by atoms with Crippen LogP contribution in [0.5, 0.6) is 0 Å². The highest BCUT2D eigenvalue weighted by Crippen LogP contribution is 1.99. The molecule has 0 aromatic carbocycles. The van der Waals surface area contributed by atoms with E-state index in [1.54, 1.807) is 0 Å². The molecule has 1 unspecified atom stereocenters. The van der Waals surface area contributed by atoms with Crippen LogP contribution in [0.1, 0.15) is 13.3 Å². The van der Waals surface area contributed by atoms with E-state index in [2.05, 4.69) is 0 Å². The maximum absolute atomic E-state index is 11.0. The molecule has 0 bridgehead atoms. The molecule has 0 aliphatic carbocycles. The molecule has 0 radical (unpaired) electrons. The second-order valence-corrected chi connectivity index (χ2v) is 6.29. The van der Waals surface area contributed by atoms with Crippen LogP contribution in [0.25, 0.3) is 0 Å². The predicted molar refractivity (Wildman–Crippen MR) is 66.3 cm³/mol. The van der Waals surface area contributed by atoms with E-state index in [9.17, 15) is 8.42 Å². The lowest BCUT2D eigenvalue weighted by atomic mass is 10.2. The van der Waals surface area contributed by atoms with Crippen molar-refractivity contribution < 1.29 is 13.2 Å². The highest BCUT2D eigenvalue weighted by atomic mass is 32.2. The summed E-state index contributed by atoms with van der Waals surface area (Å²) in [5, 5.41) is 0. The van der Waals surface area contributed by atoms with Crippen molar-refractivity contribution in [2.75, 3.05) is 45.3 Å². The van der Waals surface area contributed by atoms with E-state index >= 15 is 0 Å². The maximum atomic E-state index is 11.0. The first-order valence-electron chi connectivity index (χ1n) is 5.57. The minimum Gasteiger partial charge on any atom is -0.377 e. The van der Waals surface area contributed by atoms with Crippen molar-refractivity contribution in [3.8, 4) is 0 Å². The number of rotatable bonds is 9. The molecule has 0 aromatic rings. The Bertz CT molecular complexity index is 267. The van der Waals surface area contributed by atoms with Gasteiger partial charge in [0.25, 0.3) is 0 Å². The lowest BCUT2D eigenvalue weighted by Crippen LogP contribution is -2.32. The first-order chi connectivity index (χ1) is 7.39. The molecule has 1 atom stereocenters. The number of hydrogen-bond donors (Lipinski definition) is 1. The Morgan fingerprint density at radius 1 is 1.38 bits per heavy atom. The molecule has 98 valence electrons. The third kappa shape index (κ3) is 9.08. The fraction of sp³-hybridized carbons (Fsp3) is 1.00. The van der Waals surface area contributed by atoms with E-state index in [-0.39, 0.29) is 11.9 Å². The summed E-state index contributed by atoms with van der Waals surface area (Å²) in [6.45, 7) is 4.47. The van der Waals surface area contributed by atoms with Gasteiger partial charge in [-0.1, -0.05) is 0 Å². The smallest absolute Gasteiger partial charge is 0.148 e. The van der Waals surface area contributed by atoms with Gasteiger partial charge in [0.05, 0.1) is 11.9 Å². The van der Waals surface area contributed by atoms with Gasteiger partial charge in [-0.3, -0.25) is 0 Å². The Kier molecular flexibility index (Phi) is 7.91. The van der Waals surface area contributed by atoms with Crippen LogP contribution in [0.4, 0.5) is 0 Å². The Morgan fingerprint density at radius 3 is 2.44 bits per heavy atom. The monoisotopic (exact) mass is 252 g/mol. The zero-order valence-corrected chi connectivity index (χ0v) is 11.3. The molecule has 0 saturated heterocycles. The van der Waals surface area contributed by atoms with Crippen molar-refractivity contribution in [3.05, 3.63) is 0 Å². The Labute approximate surface area is 98.9 Å². The van der Waals surface area contributed by atoms with Gasteiger partial charge >= 0.3 is 0 Å².